The lowest BCUT2D eigenvalue weighted by atomic mass is 9.66. The molecule has 0 aliphatic heterocycles. The van der Waals surface area contributed by atoms with Crippen LogP contribution in [0.2, 0.25) is 0 Å². The summed E-state index contributed by atoms with van der Waals surface area (Å²) in [4.78, 5) is 0. The quantitative estimate of drug-likeness (QED) is 0.636. The minimum atomic E-state index is -2.65. The number of hydrogen-bond acceptors (Lipinski definition) is 1. The van der Waals surface area contributed by atoms with Crippen LogP contribution in [0, 0.1) is 5.41 Å². The molecule has 1 nitrogen and oxygen atoms in total. The van der Waals surface area contributed by atoms with Gasteiger partial charge in [-0.15, -0.1) is 0 Å². The highest BCUT2D eigenvalue weighted by Gasteiger charge is 2.52. The van der Waals surface area contributed by atoms with Crippen molar-refractivity contribution < 1.29 is 8.78 Å². The Morgan fingerprint density at radius 2 is 2.00 bits per heavy atom. The van der Waals surface area contributed by atoms with Crippen LogP contribution in [0.3, 0.4) is 0 Å². The summed E-state index contributed by atoms with van der Waals surface area (Å²) in [5, 5.41) is 0. The van der Waals surface area contributed by atoms with E-state index in [2.05, 4.69) is 0 Å². The van der Waals surface area contributed by atoms with Gasteiger partial charge in [-0.05, 0) is 12.8 Å². The molecular weight excluding hydrogens is 136 g/mol. The standard InChI is InChI=1S/C7H13F2N/c1-6(3-2-4-6)7(8,9)5-10/h2-5,10H2,1H3. The van der Waals surface area contributed by atoms with Crippen molar-refractivity contribution in [2.24, 2.45) is 11.1 Å². The average Bonchev–Trinajstić information content (AvgIpc) is 1.82. The van der Waals surface area contributed by atoms with Gasteiger partial charge in [0.15, 0.2) is 0 Å². The van der Waals surface area contributed by atoms with Gasteiger partial charge in [-0.1, -0.05) is 13.3 Å². The highest BCUT2D eigenvalue weighted by molar-refractivity contribution is 4.95. The van der Waals surface area contributed by atoms with Gasteiger partial charge in [-0.3, -0.25) is 0 Å². The van der Waals surface area contributed by atoms with E-state index in [0.717, 1.165) is 6.42 Å². The van der Waals surface area contributed by atoms with Crippen LogP contribution < -0.4 is 5.73 Å². The predicted octanol–water partition coefficient (Wildman–Crippen LogP) is 1.77. The second-order valence-electron chi connectivity index (χ2n) is 3.32. The fourth-order valence-corrected chi connectivity index (χ4v) is 1.32. The first-order valence-electron chi connectivity index (χ1n) is 3.60. The lowest BCUT2D eigenvalue weighted by Gasteiger charge is -2.43. The van der Waals surface area contributed by atoms with Gasteiger partial charge in [0.1, 0.15) is 0 Å². The molecule has 0 saturated heterocycles. The van der Waals surface area contributed by atoms with E-state index in [1.54, 1.807) is 6.92 Å². The van der Waals surface area contributed by atoms with Crippen LogP contribution in [0.1, 0.15) is 26.2 Å². The number of alkyl halides is 2. The van der Waals surface area contributed by atoms with Gasteiger partial charge in [0.2, 0.25) is 0 Å². The molecule has 0 aromatic heterocycles. The van der Waals surface area contributed by atoms with Crippen molar-refractivity contribution in [3.63, 3.8) is 0 Å². The molecule has 0 spiro atoms. The first-order chi connectivity index (χ1) is 4.52. The molecule has 0 heterocycles. The van der Waals surface area contributed by atoms with E-state index in [1.807, 2.05) is 0 Å². The normalized spacial score (nSPS) is 24.0. The van der Waals surface area contributed by atoms with Gasteiger partial charge in [0.25, 0.3) is 5.92 Å². The summed E-state index contributed by atoms with van der Waals surface area (Å²) in [7, 11) is 0. The van der Waals surface area contributed by atoms with Crippen molar-refractivity contribution in [2.45, 2.75) is 32.1 Å². The molecule has 1 fully saturated rings. The highest BCUT2D eigenvalue weighted by atomic mass is 19.3. The van der Waals surface area contributed by atoms with E-state index in [-0.39, 0.29) is 0 Å². The Morgan fingerprint density at radius 1 is 1.50 bits per heavy atom. The molecule has 0 unspecified atom stereocenters. The van der Waals surface area contributed by atoms with E-state index < -0.39 is 17.9 Å². The van der Waals surface area contributed by atoms with Crippen LogP contribution in [-0.4, -0.2) is 12.5 Å². The summed E-state index contributed by atoms with van der Waals surface area (Å²) in [6.07, 6.45) is 2.17. The zero-order valence-corrected chi connectivity index (χ0v) is 6.16. The van der Waals surface area contributed by atoms with E-state index >= 15 is 0 Å². The second kappa shape index (κ2) is 2.16. The third-order valence-corrected chi connectivity index (χ3v) is 2.60. The van der Waals surface area contributed by atoms with Crippen LogP contribution in [0.5, 0.6) is 0 Å². The largest absolute Gasteiger partial charge is 0.325 e. The Kier molecular flexibility index (Phi) is 1.71. The minimum absolute atomic E-state index is 0.510. The fourth-order valence-electron chi connectivity index (χ4n) is 1.32. The molecule has 1 aliphatic rings. The summed E-state index contributed by atoms with van der Waals surface area (Å²) in [5.41, 5.74) is 4.16. The van der Waals surface area contributed by atoms with Crippen molar-refractivity contribution in [3.05, 3.63) is 0 Å². The maximum Gasteiger partial charge on any atom is 0.265 e. The molecule has 2 N–H and O–H groups in total. The van der Waals surface area contributed by atoms with Gasteiger partial charge >= 0.3 is 0 Å². The minimum Gasteiger partial charge on any atom is -0.325 e. The molecule has 0 aromatic carbocycles. The molecule has 1 aliphatic carbocycles. The second-order valence-corrected chi connectivity index (χ2v) is 3.32. The monoisotopic (exact) mass is 149 g/mol. The Labute approximate surface area is 59.6 Å². The SMILES string of the molecule is CC1(C(F)(F)CN)CCC1. The lowest BCUT2D eigenvalue weighted by Crippen LogP contribution is -2.48. The van der Waals surface area contributed by atoms with Crippen molar-refractivity contribution in [3.8, 4) is 0 Å². The molecule has 0 bridgehead atoms. The lowest BCUT2D eigenvalue weighted by molar-refractivity contribution is -0.143. The van der Waals surface area contributed by atoms with Gasteiger partial charge in [0.05, 0.1) is 6.54 Å². The summed E-state index contributed by atoms with van der Waals surface area (Å²) in [5.74, 6) is -2.65. The van der Waals surface area contributed by atoms with E-state index in [4.69, 9.17) is 5.73 Å². The summed E-state index contributed by atoms with van der Waals surface area (Å²) in [6.45, 7) is 1.10. The van der Waals surface area contributed by atoms with E-state index in [0.29, 0.717) is 12.8 Å². The fraction of sp³-hybridized carbons (Fsp3) is 1.00. The van der Waals surface area contributed by atoms with E-state index in [1.165, 1.54) is 0 Å². The van der Waals surface area contributed by atoms with Gasteiger partial charge in [-0.2, -0.15) is 0 Å². The summed E-state index contributed by atoms with van der Waals surface area (Å²) >= 11 is 0. The van der Waals surface area contributed by atoms with Crippen LogP contribution in [0.4, 0.5) is 8.78 Å². The van der Waals surface area contributed by atoms with Crippen molar-refractivity contribution in [1.29, 1.82) is 0 Å². The molecule has 0 amide bonds. The molecule has 0 atom stereocenters. The molecule has 60 valence electrons. The summed E-state index contributed by atoms with van der Waals surface area (Å²) in [6, 6.07) is 0. The first kappa shape index (κ1) is 7.92. The molecule has 3 heteroatoms. The van der Waals surface area contributed by atoms with Crippen LogP contribution >= 0.6 is 0 Å². The van der Waals surface area contributed by atoms with Gasteiger partial charge in [-0.25, -0.2) is 8.78 Å². The molecule has 0 radical (unpaired) electrons. The van der Waals surface area contributed by atoms with Crippen molar-refractivity contribution in [1.82, 2.24) is 0 Å². The Hall–Kier alpha value is -0.180. The predicted molar refractivity (Wildman–Crippen MR) is 36.0 cm³/mol. The number of halogens is 2. The first-order valence-corrected chi connectivity index (χ1v) is 3.60. The number of hydrogen-bond donors (Lipinski definition) is 1. The summed E-state index contributed by atoms with van der Waals surface area (Å²) < 4.78 is 25.7. The zero-order valence-electron chi connectivity index (χ0n) is 6.16. The van der Waals surface area contributed by atoms with Crippen LogP contribution in [-0.2, 0) is 0 Å². The topological polar surface area (TPSA) is 26.0 Å². The molecule has 10 heavy (non-hydrogen) atoms. The smallest absolute Gasteiger partial charge is 0.265 e. The zero-order chi connectivity index (χ0) is 7.83. The van der Waals surface area contributed by atoms with Crippen molar-refractivity contribution in [2.75, 3.05) is 6.54 Å². The third kappa shape index (κ3) is 0.926. The Bertz CT molecular complexity index is 120. The van der Waals surface area contributed by atoms with Crippen molar-refractivity contribution >= 4 is 0 Å². The molecule has 1 saturated carbocycles. The number of nitrogens with two attached hydrogens (primary N) is 1. The average molecular weight is 149 g/mol. The Morgan fingerprint density at radius 3 is 2.10 bits per heavy atom. The number of rotatable bonds is 2. The van der Waals surface area contributed by atoms with Crippen LogP contribution in [0.25, 0.3) is 0 Å². The van der Waals surface area contributed by atoms with Gasteiger partial charge in [0, 0.05) is 5.41 Å². The van der Waals surface area contributed by atoms with Gasteiger partial charge < -0.3 is 5.73 Å². The maximum absolute atomic E-state index is 12.9. The highest BCUT2D eigenvalue weighted by Crippen LogP contribution is 2.51. The molecular formula is C7H13F2N. The Balaban J connectivity index is 2.61. The third-order valence-electron chi connectivity index (χ3n) is 2.60. The molecule has 0 aromatic rings. The van der Waals surface area contributed by atoms with Crippen LogP contribution in [0.15, 0.2) is 0 Å². The molecule has 1 rings (SSSR count). The van der Waals surface area contributed by atoms with E-state index in [9.17, 15) is 8.78 Å². The maximum atomic E-state index is 12.9.